The van der Waals surface area contributed by atoms with Crippen LogP contribution in [0.1, 0.15) is 31.4 Å². The van der Waals surface area contributed by atoms with E-state index < -0.39 is 17.4 Å². The van der Waals surface area contributed by atoms with E-state index in [1.165, 1.54) is 0 Å². The number of ether oxygens (including phenoxy) is 3. The zero-order valence-electron chi connectivity index (χ0n) is 14.1. The van der Waals surface area contributed by atoms with Gasteiger partial charge in [0.25, 0.3) is 0 Å². The summed E-state index contributed by atoms with van der Waals surface area (Å²) in [6.07, 6.45) is 0.361. The average Bonchev–Trinajstić information content (AvgIpc) is 3.29. The van der Waals surface area contributed by atoms with E-state index >= 15 is 0 Å². The number of carbonyl (C=O) groups excluding carboxylic acids is 2. The summed E-state index contributed by atoms with van der Waals surface area (Å²) < 4.78 is 15.8. The van der Waals surface area contributed by atoms with Gasteiger partial charge in [0.1, 0.15) is 5.75 Å². The molecule has 0 amide bonds. The molecule has 6 heteroatoms. The van der Waals surface area contributed by atoms with E-state index in [0.29, 0.717) is 17.7 Å². The highest BCUT2D eigenvalue weighted by Crippen LogP contribution is 2.54. The molecule has 1 saturated carbocycles. The van der Waals surface area contributed by atoms with E-state index in [0.717, 1.165) is 5.56 Å². The van der Waals surface area contributed by atoms with Crippen LogP contribution in [-0.4, -0.2) is 31.8 Å². The highest BCUT2D eigenvalue weighted by Gasteiger charge is 2.68. The van der Waals surface area contributed by atoms with Crippen molar-refractivity contribution in [1.82, 2.24) is 0 Å². The first kappa shape index (κ1) is 17.8. The van der Waals surface area contributed by atoms with Gasteiger partial charge in [0.15, 0.2) is 5.41 Å². The SMILES string of the molecule is CCOC(=O)C1(C(=O)OCC)C[C@H]1COc1ccc(C#N)c(C)c1. The van der Waals surface area contributed by atoms with Crippen molar-refractivity contribution in [3.05, 3.63) is 29.3 Å². The molecule has 0 bridgehead atoms. The average molecular weight is 331 g/mol. The summed E-state index contributed by atoms with van der Waals surface area (Å²) >= 11 is 0. The second kappa shape index (κ2) is 7.35. The predicted molar refractivity (Wildman–Crippen MR) is 85.2 cm³/mol. The van der Waals surface area contributed by atoms with E-state index in [9.17, 15) is 9.59 Å². The maximum absolute atomic E-state index is 12.2. The first-order valence-electron chi connectivity index (χ1n) is 7.97. The van der Waals surface area contributed by atoms with Crippen molar-refractivity contribution in [3.8, 4) is 11.8 Å². The summed E-state index contributed by atoms with van der Waals surface area (Å²) in [5.41, 5.74) is 0.155. The van der Waals surface area contributed by atoms with Crippen LogP contribution in [0.2, 0.25) is 0 Å². The number of rotatable bonds is 7. The van der Waals surface area contributed by atoms with Gasteiger partial charge in [-0.1, -0.05) is 0 Å². The topological polar surface area (TPSA) is 85.6 Å². The Morgan fingerprint density at radius 1 is 1.25 bits per heavy atom. The Balaban J connectivity index is 2.05. The molecule has 0 radical (unpaired) electrons. The summed E-state index contributed by atoms with van der Waals surface area (Å²) in [7, 11) is 0. The third kappa shape index (κ3) is 3.35. The summed E-state index contributed by atoms with van der Waals surface area (Å²) in [5.74, 6) is -0.771. The first-order chi connectivity index (χ1) is 11.5. The summed E-state index contributed by atoms with van der Waals surface area (Å²) in [6, 6.07) is 7.23. The van der Waals surface area contributed by atoms with Gasteiger partial charge in [0.05, 0.1) is 31.5 Å². The summed E-state index contributed by atoms with van der Waals surface area (Å²) in [6.45, 7) is 5.85. The van der Waals surface area contributed by atoms with Crippen molar-refractivity contribution in [2.45, 2.75) is 27.2 Å². The predicted octanol–water partition coefficient (Wildman–Crippen LogP) is 2.38. The van der Waals surface area contributed by atoms with E-state index in [2.05, 4.69) is 6.07 Å². The van der Waals surface area contributed by atoms with E-state index in [4.69, 9.17) is 19.5 Å². The zero-order chi connectivity index (χ0) is 17.7. The number of hydrogen-bond acceptors (Lipinski definition) is 6. The summed E-state index contributed by atoms with van der Waals surface area (Å²) in [4.78, 5) is 24.4. The van der Waals surface area contributed by atoms with Crippen molar-refractivity contribution in [1.29, 1.82) is 5.26 Å². The van der Waals surface area contributed by atoms with Gasteiger partial charge in [-0.15, -0.1) is 0 Å². The fourth-order valence-electron chi connectivity index (χ4n) is 2.68. The van der Waals surface area contributed by atoms with Gasteiger partial charge >= 0.3 is 11.9 Å². The molecule has 0 N–H and O–H groups in total. The molecule has 0 heterocycles. The number of hydrogen-bond donors (Lipinski definition) is 0. The molecule has 0 aromatic heterocycles. The summed E-state index contributed by atoms with van der Waals surface area (Å²) in [5, 5.41) is 8.94. The smallest absolute Gasteiger partial charge is 0.323 e. The molecule has 1 atom stereocenters. The van der Waals surface area contributed by atoms with Crippen molar-refractivity contribution in [2.24, 2.45) is 11.3 Å². The number of esters is 2. The van der Waals surface area contributed by atoms with Crippen LogP contribution in [0.25, 0.3) is 0 Å². The molecule has 2 rings (SSSR count). The Kier molecular flexibility index (Phi) is 5.45. The van der Waals surface area contributed by atoms with Gasteiger partial charge in [-0.05, 0) is 51.0 Å². The first-order valence-corrected chi connectivity index (χ1v) is 7.97. The third-order valence-electron chi connectivity index (χ3n) is 4.15. The van der Waals surface area contributed by atoms with Gasteiger partial charge in [-0.2, -0.15) is 5.26 Å². The fraction of sp³-hybridized carbons (Fsp3) is 0.500. The molecule has 1 aromatic carbocycles. The zero-order valence-corrected chi connectivity index (χ0v) is 14.1. The molecule has 128 valence electrons. The molecular formula is C18H21NO5. The van der Waals surface area contributed by atoms with Gasteiger partial charge < -0.3 is 14.2 Å². The van der Waals surface area contributed by atoms with E-state index in [-0.39, 0.29) is 25.7 Å². The molecule has 0 spiro atoms. The molecule has 1 aromatic rings. The normalized spacial score (nSPS) is 17.5. The van der Waals surface area contributed by atoms with E-state index in [1.807, 2.05) is 6.92 Å². The number of carbonyl (C=O) groups is 2. The van der Waals surface area contributed by atoms with Crippen LogP contribution in [0.15, 0.2) is 18.2 Å². The van der Waals surface area contributed by atoms with Crippen molar-refractivity contribution in [2.75, 3.05) is 19.8 Å². The molecule has 0 unspecified atom stereocenters. The number of nitrogens with zero attached hydrogens (tertiary/aromatic N) is 1. The van der Waals surface area contributed by atoms with Crippen LogP contribution < -0.4 is 4.74 Å². The lowest BCUT2D eigenvalue weighted by atomic mass is 10.0. The second-order valence-electron chi connectivity index (χ2n) is 5.71. The van der Waals surface area contributed by atoms with Crippen LogP contribution in [-0.2, 0) is 19.1 Å². The Morgan fingerprint density at radius 3 is 2.38 bits per heavy atom. The molecule has 1 aliphatic carbocycles. The minimum absolute atomic E-state index is 0.211. The number of benzene rings is 1. The lowest BCUT2D eigenvalue weighted by Crippen LogP contribution is -2.33. The number of nitriles is 1. The van der Waals surface area contributed by atoms with Gasteiger partial charge in [-0.3, -0.25) is 9.59 Å². The van der Waals surface area contributed by atoms with Crippen molar-refractivity contribution >= 4 is 11.9 Å². The number of aryl methyl sites for hydroxylation is 1. The molecule has 6 nitrogen and oxygen atoms in total. The van der Waals surface area contributed by atoms with Crippen molar-refractivity contribution in [3.63, 3.8) is 0 Å². The Labute approximate surface area is 141 Å². The van der Waals surface area contributed by atoms with Gasteiger partial charge in [0, 0.05) is 5.92 Å². The van der Waals surface area contributed by atoms with Gasteiger partial charge in [-0.25, -0.2) is 0 Å². The van der Waals surface area contributed by atoms with Crippen molar-refractivity contribution < 1.29 is 23.8 Å². The standard InChI is InChI=1S/C18H21NO5/c1-4-22-16(20)18(17(21)23-5-2)9-14(18)11-24-15-7-6-13(10-19)12(3)8-15/h6-8,14H,4-5,9,11H2,1-3H3/t14-/m0/s1. The molecule has 1 aliphatic rings. The highest BCUT2D eigenvalue weighted by molar-refractivity contribution is 6.03. The largest absolute Gasteiger partial charge is 0.493 e. The molecule has 0 aliphatic heterocycles. The fourth-order valence-corrected chi connectivity index (χ4v) is 2.68. The monoisotopic (exact) mass is 331 g/mol. The maximum Gasteiger partial charge on any atom is 0.323 e. The molecule has 1 fully saturated rings. The van der Waals surface area contributed by atoms with Crippen LogP contribution >= 0.6 is 0 Å². The molecular weight excluding hydrogens is 310 g/mol. The lowest BCUT2D eigenvalue weighted by molar-refractivity contribution is -0.165. The van der Waals surface area contributed by atoms with Crippen LogP contribution in [0.5, 0.6) is 5.75 Å². The van der Waals surface area contributed by atoms with Crippen LogP contribution in [0, 0.1) is 29.6 Å². The minimum atomic E-state index is -1.24. The lowest BCUT2D eigenvalue weighted by Gasteiger charge is -2.15. The third-order valence-corrected chi connectivity index (χ3v) is 4.15. The Morgan fingerprint density at radius 2 is 1.88 bits per heavy atom. The Bertz CT molecular complexity index is 658. The van der Waals surface area contributed by atoms with Gasteiger partial charge in [0.2, 0.25) is 0 Å². The maximum atomic E-state index is 12.2. The van der Waals surface area contributed by atoms with Crippen LogP contribution in [0.4, 0.5) is 0 Å². The minimum Gasteiger partial charge on any atom is -0.493 e. The quantitative estimate of drug-likeness (QED) is 0.563. The molecule has 0 saturated heterocycles. The Hall–Kier alpha value is -2.55. The molecule has 24 heavy (non-hydrogen) atoms. The van der Waals surface area contributed by atoms with E-state index in [1.54, 1.807) is 32.0 Å². The second-order valence-corrected chi connectivity index (χ2v) is 5.71. The highest BCUT2D eigenvalue weighted by atomic mass is 16.6. The van der Waals surface area contributed by atoms with Crippen LogP contribution in [0.3, 0.4) is 0 Å².